The molecule has 0 radical (unpaired) electrons. The van der Waals surface area contributed by atoms with Crippen molar-refractivity contribution in [1.29, 1.82) is 0 Å². The molecule has 0 bridgehead atoms. The first-order chi connectivity index (χ1) is 8.61. The number of rotatable bonds is 7. The third-order valence-corrected chi connectivity index (χ3v) is 4.43. The van der Waals surface area contributed by atoms with Crippen molar-refractivity contribution in [1.82, 2.24) is 5.32 Å². The van der Waals surface area contributed by atoms with Crippen molar-refractivity contribution < 1.29 is 5.11 Å². The molecule has 1 unspecified atom stereocenters. The van der Waals surface area contributed by atoms with Crippen LogP contribution in [-0.4, -0.2) is 29.0 Å². The SMILES string of the molecule is CC(CO)(CCSc1cccc(Cl)c1)NC1CC1. The maximum Gasteiger partial charge on any atom is 0.0610 e. The number of thioether (sulfide) groups is 1. The van der Waals surface area contributed by atoms with Gasteiger partial charge < -0.3 is 10.4 Å². The Morgan fingerprint density at radius 1 is 1.50 bits per heavy atom. The van der Waals surface area contributed by atoms with Crippen molar-refractivity contribution in [2.45, 2.75) is 42.7 Å². The Morgan fingerprint density at radius 2 is 2.28 bits per heavy atom. The number of nitrogens with one attached hydrogen (secondary N) is 1. The molecule has 0 saturated heterocycles. The van der Waals surface area contributed by atoms with Gasteiger partial charge in [0.2, 0.25) is 0 Å². The molecule has 0 spiro atoms. The van der Waals surface area contributed by atoms with Crippen molar-refractivity contribution in [3.05, 3.63) is 29.3 Å². The Labute approximate surface area is 118 Å². The van der Waals surface area contributed by atoms with Crippen LogP contribution < -0.4 is 5.32 Å². The van der Waals surface area contributed by atoms with Crippen molar-refractivity contribution in [2.24, 2.45) is 0 Å². The Kier molecular flexibility index (Phi) is 4.96. The predicted molar refractivity (Wildman–Crippen MR) is 78.4 cm³/mol. The van der Waals surface area contributed by atoms with Crippen molar-refractivity contribution in [2.75, 3.05) is 12.4 Å². The first kappa shape index (κ1) is 14.2. The zero-order chi connectivity index (χ0) is 13.0. The van der Waals surface area contributed by atoms with Gasteiger partial charge in [-0.05, 0) is 50.1 Å². The number of benzene rings is 1. The number of halogens is 1. The van der Waals surface area contributed by atoms with Gasteiger partial charge >= 0.3 is 0 Å². The average Bonchev–Trinajstić information content (AvgIpc) is 3.13. The first-order valence-electron chi connectivity index (χ1n) is 6.38. The normalized spacial score (nSPS) is 18.6. The summed E-state index contributed by atoms with van der Waals surface area (Å²) in [7, 11) is 0. The van der Waals surface area contributed by atoms with Crippen molar-refractivity contribution in [3.63, 3.8) is 0 Å². The zero-order valence-electron chi connectivity index (χ0n) is 10.7. The van der Waals surface area contributed by atoms with Crippen LogP contribution in [0.4, 0.5) is 0 Å². The van der Waals surface area contributed by atoms with E-state index in [1.807, 2.05) is 18.2 Å². The fourth-order valence-corrected chi connectivity index (χ4v) is 3.30. The topological polar surface area (TPSA) is 32.3 Å². The number of hydrogen-bond donors (Lipinski definition) is 2. The minimum absolute atomic E-state index is 0.146. The maximum atomic E-state index is 9.51. The quantitative estimate of drug-likeness (QED) is 0.754. The third kappa shape index (κ3) is 4.47. The molecule has 18 heavy (non-hydrogen) atoms. The standard InChI is InChI=1S/C14H20ClNOS/c1-14(10-17,16-12-5-6-12)7-8-18-13-4-2-3-11(15)9-13/h2-4,9,12,16-17H,5-8,10H2,1H3. The molecule has 2 N–H and O–H groups in total. The second-order valence-corrected chi connectivity index (χ2v) is 6.80. The van der Waals surface area contributed by atoms with Crippen LogP contribution in [0, 0.1) is 0 Å². The van der Waals surface area contributed by atoms with Crippen LogP contribution in [0.2, 0.25) is 5.02 Å². The van der Waals surface area contributed by atoms with Gasteiger partial charge in [-0.15, -0.1) is 11.8 Å². The Hall–Kier alpha value is -0.220. The van der Waals surface area contributed by atoms with E-state index >= 15 is 0 Å². The van der Waals surface area contributed by atoms with Gasteiger partial charge in [-0.25, -0.2) is 0 Å². The summed E-state index contributed by atoms with van der Waals surface area (Å²) < 4.78 is 0. The average molecular weight is 286 g/mol. The van der Waals surface area contributed by atoms with Crippen LogP contribution in [0.15, 0.2) is 29.2 Å². The highest BCUT2D eigenvalue weighted by Gasteiger charge is 2.31. The third-order valence-electron chi connectivity index (χ3n) is 3.20. The number of aliphatic hydroxyl groups is 1. The number of aliphatic hydroxyl groups excluding tert-OH is 1. The summed E-state index contributed by atoms with van der Waals surface area (Å²) in [5.74, 6) is 0.983. The van der Waals surface area contributed by atoms with Gasteiger partial charge in [0, 0.05) is 21.5 Å². The summed E-state index contributed by atoms with van der Waals surface area (Å²) in [6, 6.07) is 8.53. The van der Waals surface area contributed by atoms with Gasteiger partial charge in [-0.3, -0.25) is 0 Å². The van der Waals surface area contributed by atoms with E-state index in [-0.39, 0.29) is 12.1 Å². The second-order valence-electron chi connectivity index (χ2n) is 5.19. The summed E-state index contributed by atoms with van der Waals surface area (Å²) in [5.41, 5.74) is -0.146. The number of hydrogen-bond acceptors (Lipinski definition) is 3. The van der Waals surface area contributed by atoms with Crippen LogP contribution in [-0.2, 0) is 0 Å². The van der Waals surface area contributed by atoms with Crippen LogP contribution in [0.1, 0.15) is 26.2 Å². The minimum atomic E-state index is -0.146. The van der Waals surface area contributed by atoms with Crippen molar-refractivity contribution >= 4 is 23.4 Å². The molecule has 4 heteroatoms. The molecule has 0 aliphatic heterocycles. The Morgan fingerprint density at radius 3 is 2.89 bits per heavy atom. The molecule has 0 heterocycles. The fourth-order valence-electron chi connectivity index (χ4n) is 1.87. The fraction of sp³-hybridized carbons (Fsp3) is 0.571. The molecule has 2 rings (SSSR count). The van der Waals surface area contributed by atoms with Gasteiger partial charge in [0.15, 0.2) is 0 Å². The summed E-state index contributed by atoms with van der Waals surface area (Å²) in [5, 5.41) is 13.8. The van der Waals surface area contributed by atoms with Crippen LogP contribution in [0.3, 0.4) is 0 Å². The highest BCUT2D eigenvalue weighted by molar-refractivity contribution is 7.99. The first-order valence-corrected chi connectivity index (χ1v) is 7.75. The van der Waals surface area contributed by atoms with Gasteiger partial charge in [-0.2, -0.15) is 0 Å². The molecule has 1 aromatic rings. The van der Waals surface area contributed by atoms with Crippen LogP contribution in [0.25, 0.3) is 0 Å². The highest BCUT2D eigenvalue weighted by atomic mass is 35.5. The lowest BCUT2D eigenvalue weighted by atomic mass is 10.0. The second kappa shape index (κ2) is 6.29. The van der Waals surface area contributed by atoms with Crippen molar-refractivity contribution in [3.8, 4) is 0 Å². The molecular weight excluding hydrogens is 266 g/mol. The van der Waals surface area contributed by atoms with Gasteiger partial charge in [0.05, 0.1) is 6.61 Å². The van der Waals surface area contributed by atoms with Crippen LogP contribution >= 0.6 is 23.4 Å². The highest BCUT2D eigenvalue weighted by Crippen LogP contribution is 2.27. The van der Waals surface area contributed by atoms with Gasteiger partial charge in [-0.1, -0.05) is 17.7 Å². The van der Waals surface area contributed by atoms with E-state index in [0.29, 0.717) is 6.04 Å². The molecule has 1 aromatic carbocycles. The van der Waals surface area contributed by atoms with E-state index < -0.39 is 0 Å². The molecule has 1 aliphatic rings. The molecule has 1 fully saturated rings. The summed E-state index contributed by atoms with van der Waals surface area (Å²) in [4.78, 5) is 1.19. The molecule has 1 saturated carbocycles. The summed E-state index contributed by atoms with van der Waals surface area (Å²) >= 11 is 7.74. The molecule has 2 nitrogen and oxygen atoms in total. The van der Waals surface area contributed by atoms with Gasteiger partial charge in [0.25, 0.3) is 0 Å². The van der Waals surface area contributed by atoms with E-state index in [0.717, 1.165) is 17.2 Å². The summed E-state index contributed by atoms with van der Waals surface area (Å²) in [6.45, 7) is 2.30. The minimum Gasteiger partial charge on any atom is -0.394 e. The molecule has 0 amide bonds. The van der Waals surface area contributed by atoms with Crippen LogP contribution in [0.5, 0.6) is 0 Å². The zero-order valence-corrected chi connectivity index (χ0v) is 12.2. The Bertz CT molecular complexity index is 397. The summed E-state index contributed by atoms with van der Waals surface area (Å²) in [6.07, 6.45) is 3.45. The lowest BCUT2D eigenvalue weighted by molar-refractivity contribution is 0.169. The van der Waals surface area contributed by atoms with E-state index in [2.05, 4.69) is 18.3 Å². The predicted octanol–water partition coefficient (Wildman–Crippen LogP) is 3.33. The molecule has 1 aliphatic carbocycles. The lowest BCUT2D eigenvalue weighted by Gasteiger charge is -2.28. The Balaban J connectivity index is 1.79. The largest absolute Gasteiger partial charge is 0.394 e. The van der Waals surface area contributed by atoms with E-state index in [1.165, 1.54) is 17.7 Å². The van der Waals surface area contributed by atoms with E-state index in [4.69, 9.17) is 11.6 Å². The molecular formula is C14H20ClNOS. The monoisotopic (exact) mass is 285 g/mol. The van der Waals surface area contributed by atoms with E-state index in [1.54, 1.807) is 11.8 Å². The van der Waals surface area contributed by atoms with E-state index in [9.17, 15) is 5.11 Å². The molecule has 100 valence electrons. The molecule has 1 atom stereocenters. The maximum absolute atomic E-state index is 9.51. The lowest BCUT2D eigenvalue weighted by Crippen LogP contribution is -2.47. The molecule has 0 aromatic heterocycles. The smallest absolute Gasteiger partial charge is 0.0610 e. The van der Waals surface area contributed by atoms with Gasteiger partial charge in [0.1, 0.15) is 0 Å².